The van der Waals surface area contributed by atoms with E-state index in [0.717, 1.165) is 10.7 Å². The molecule has 0 amide bonds. The summed E-state index contributed by atoms with van der Waals surface area (Å²) in [6.07, 6.45) is 6.64. The highest BCUT2D eigenvalue weighted by Crippen LogP contribution is 2.36. The molecule has 0 atom stereocenters. The molecule has 1 aliphatic heterocycles. The number of nitriles is 1. The molecule has 1 N–H and O–H groups in total. The molecule has 1 aliphatic carbocycles. The van der Waals surface area contributed by atoms with Crippen LogP contribution in [0.3, 0.4) is 0 Å². The minimum Gasteiger partial charge on any atom is -0.359 e. The number of thioether (sulfide) groups is 1. The highest BCUT2D eigenvalue weighted by atomic mass is 32.2. The molecule has 1 saturated heterocycles. The third-order valence-electron chi connectivity index (χ3n) is 4.16. The van der Waals surface area contributed by atoms with E-state index in [1.165, 1.54) is 37.9 Å². The Labute approximate surface area is 124 Å². The molecule has 1 aromatic carbocycles. The summed E-state index contributed by atoms with van der Waals surface area (Å²) in [5.41, 5.74) is 2.19. The summed E-state index contributed by atoms with van der Waals surface area (Å²) in [6.45, 7) is 0.692. The van der Waals surface area contributed by atoms with Gasteiger partial charge in [-0.05, 0) is 30.5 Å². The van der Waals surface area contributed by atoms with Crippen molar-refractivity contribution < 1.29 is 0 Å². The Morgan fingerprint density at radius 1 is 1.20 bits per heavy atom. The Balaban J connectivity index is 1.61. The average Bonchev–Trinajstić information content (AvgIpc) is 2.89. The number of nitrogens with zero attached hydrogens (tertiary/aromatic N) is 2. The molecule has 0 unspecified atom stereocenters. The molecule has 1 heterocycles. The molecule has 104 valence electrons. The lowest BCUT2D eigenvalue weighted by Crippen LogP contribution is -2.45. The van der Waals surface area contributed by atoms with Crippen LogP contribution < -0.4 is 5.32 Å². The van der Waals surface area contributed by atoms with E-state index in [0.29, 0.717) is 17.6 Å². The number of hydrogen-bond donors (Lipinski definition) is 1. The number of amidine groups is 1. The van der Waals surface area contributed by atoms with E-state index in [1.54, 1.807) is 0 Å². The van der Waals surface area contributed by atoms with Crippen molar-refractivity contribution in [1.29, 1.82) is 5.26 Å². The number of rotatable bonds is 2. The lowest BCUT2D eigenvalue weighted by Gasteiger charge is -2.32. The van der Waals surface area contributed by atoms with Gasteiger partial charge in [0.25, 0.3) is 0 Å². The topological polar surface area (TPSA) is 48.2 Å². The molecule has 1 saturated carbocycles. The number of aliphatic imine (C=N–C) groups is 1. The van der Waals surface area contributed by atoms with Crippen LogP contribution >= 0.6 is 11.8 Å². The minimum atomic E-state index is 0.326. The van der Waals surface area contributed by atoms with Crippen LogP contribution in [0.4, 0.5) is 0 Å². The molecule has 3 nitrogen and oxygen atoms in total. The first-order valence-corrected chi connectivity index (χ1v) is 8.23. The predicted octanol–water partition coefficient (Wildman–Crippen LogP) is 3.45. The van der Waals surface area contributed by atoms with Gasteiger partial charge in [0.2, 0.25) is 0 Å². The minimum absolute atomic E-state index is 0.326. The zero-order valence-electron chi connectivity index (χ0n) is 11.6. The van der Waals surface area contributed by atoms with Gasteiger partial charge in [-0.3, -0.25) is 4.99 Å². The van der Waals surface area contributed by atoms with Gasteiger partial charge in [-0.25, -0.2) is 0 Å². The molecule has 20 heavy (non-hydrogen) atoms. The van der Waals surface area contributed by atoms with Crippen LogP contribution in [0.25, 0.3) is 0 Å². The lowest BCUT2D eigenvalue weighted by molar-refractivity contribution is 0.303. The largest absolute Gasteiger partial charge is 0.359 e. The Kier molecular flexibility index (Phi) is 3.98. The third kappa shape index (κ3) is 2.99. The number of hydrogen-bond acceptors (Lipinski definition) is 3. The molecular formula is C16H19N3S. The molecule has 4 heteroatoms. The summed E-state index contributed by atoms with van der Waals surface area (Å²) < 4.78 is 0. The fourth-order valence-corrected chi connectivity index (χ4v) is 4.15. The van der Waals surface area contributed by atoms with E-state index < -0.39 is 0 Å². The zero-order valence-corrected chi connectivity index (χ0v) is 12.4. The summed E-state index contributed by atoms with van der Waals surface area (Å²) in [7, 11) is 0. The second-order valence-electron chi connectivity index (χ2n) is 5.68. The van der Waals surface area contributed by atoms with Crippen LogP contribution in [-0.4, -0.2) is 16.5 Å². The van der Waals surface area contributed by atoms with Crippen molar-refractivity contribution in [3.05, 3.63) is 35.4 Å². The Morgan fingerprint density at radius 2 is 1.95 bits per heavy atom. The van der Waals surface area contributed by atoms with Crippen LogP contribution in [0.15, 0.2) is 29.3 Å². The van der Waals surface area contributed by atoms with Crippen molar-refractivity contribution in [3.63, 3.8) is 0 Å². The summed E-state index contributed by atoms with van der Waals surface area (Å²) >= 11 is 1.86. The van der Waals surface area contributed by atoms with Gasteiger partial charge in [-0.1, -0.05) is 43.2 Å². The average molecular weight is 285 g/mol. The highest BCUT2D eigenvalue weighted by molar-refractivity contribution is 8.14. The fraction of sp³-hybridized carbons (Fsp3) is 0.500. The molecule has 2 fully saturated rings. The Hall–Kier alpha value is -1.47. The van der Waals surface area contributed by atoms with E-state index >= 15 is 0 Å². The van der Waals surface area contributed by atoms with Gasteiger partial charge in [0.05, 0.1) is 18.2 Å². The second kappa shape index (κ2) is 5.88. The van der Waals surface area contributed by atoms with Gasteiger partial charge in [0, 0.05) is 11.3 Å². The fourth-order valence-electron chi connectivity index (χ4n) is 2.94. The van der Waals surface area contributed by atoms with Crippen LogP contribution in [-0.2, 0) is 6.54 Å². The number of nitrogens with one attached hydrogen (secondary N) is 1. The maximum Gasteiger partial charge on any atom is 0.157 e. The Bertz CT molecular complexity index is 536. The van der Waals surface area contributed by atoms with E-state index in [2.05, 4.69) is 16.4 Å². The number of benzene rings is 1. The summed E-state index contributed by atoms with van der Waals surface area (Å²) in [5, 5.41) is 13.5. The maximum atomic E-state index is 8.78. The molecule has 0 aromatic heterocycles. The molecule has 1 spiro atoms. The summed E-state index contributed by atoms with van der Waals surface area (Å²) in [6, 6.07) is 9.82. The van der Waals surface area contributed by atoms with Crippen molar-refractivity contribution >= 4 is 16.9 Å². The van der Waals surface area contributed by atoms with E-state index in [4.69, 9.17) is 5.26 Å². The molecule has 0 bridgehead atoms. The lowest BCUT2D eigenvalue weighted by atomic mass is 9.83. The van der Waals surface area contributed by atoms with Crippen LogP contribution in [0.5, 0.6) is 0 Å². The van der Waals surface area contributed by atoms with Gasteiger partial charge in [-0.2, -0.15) is 5.26 Å². The molecule has 0 radical (unpaired) electrons. The third-order valence-corrected chi connectivity index (χ3v) is 5.36. The van der Waals surface area contributed by atoms with Crippen LogP contribution in [0, 0.1) is 11.3 Å². The monoisotopic (exact) mass is 285 g/mol. The molecule has 3 rings (SSSR count). The van der Waals surface area contributed by atoms with Crippen molar-refractivity contribution in [2.24, 2.45) is 4.99 Å². The highest BCUT2D eigenvalue weighted by Gasteiger charge is 2.37. The quantitative estimate of drug-likeness (QED) is 0.905. The molecular weight excluding hydrogens is 266 g/mol. The first-order chi connectivity index (χ1) is 9.80. The first-order valence-electron chi connectivity index (χ1n) is 7.24. The van der Waals surface area contributed by atoms with Gasteiger partial charge < -0.3 is 5.32 Å². The SMILES string of the molecule is N#Cc1ccc(CN=C2NC3(CCCCC3)CS2)cc1. The maximum absolute atomic E-state index is 8.78. The van der Waals surface area contributed by atoms with Crippen molar-refractivity contribution in [2.75, 3.05) is 5.75 Å². The van der Waals surface area contributed by atoms with E-state index in [-0.39, 0.29) is 0 Å². The second-order valence-corrected chi connectivity index (χ2v) is 6.65. The first kappa shape index (κ1) is 13.5. The van der Waals surface area contributed by atoms with Crippen LogP contribution in [0.2, 0.25) is 0 Å². The smallest absolute Gasteiger partial charge is 0.157 e. The zero-order chi connectivity index (χ0) is 13.8. The Morgan fingerprint density at radius 3 is 2.65 bits per heavy atom. The van der Waals surface area contributed by atoms with Crippen molar-refractivity contribution in [3.8, 4) is 6.07 Å². The summed E-state index contributed by atoms with van der Waals surface area (Å²) in [5.74, 6) is 1.17. The van der Waals surface area contributed by atoms with Gasteiger partial charge in [0.15, 0.2) is 5.17 Å². The van der Waals surface area contributed by atoms with Gasteiger partial charge in [0.1, 0.15) is 0 Å². The molecule has 1 aromatic rings. The summed E-state index contributed by atoms with van der Waals surface area (Å²) in [4.78, 5) is 4.68. The predicted molar refractivity (Wildman–Crippen MR) is 83.7 cm³/mol. The van der Waals surface area contributed by atoms with E-state index in [9.17, 15) is 0 Å². The van der Waals surface area contributed by atoms with E-state index in [1.807, 2.05) is 36.0 Å². The van der Waals surface area contributed by atoms with Crippen LogP contribution in [0.1, 0.15) is 43.2 Å². The molecule has 2 aliphatic rings. The normalized spacial score (nSPS) is 22.6. The van der Waals surface area contributed by atoms with Crippen molar-refractivity contribution in [1.82, 2.24) is 5.32 Å². The van der Waals surface area contributed by atoms with Crippen molar-refractivity contribution in [2.45, 2.75) is 44.2 Å². The standard InChI is InChI=1S/C16H19N3S/c17-10-13-4-6-14(7-5-13)11-18-15-19-16(12-20-15)8-2-1-3-9-16/h4-7H,1-3,8-9,11-12H2,(H,18,19). The van der Waals surface area contributed by atoms with Gasteiger partial charge >= 0.3 is 0 Å². The van der Waals surface area contributed by atoms with Gasteiger partial charge in [-0.15, -0.1) is 0 Å².